The lowest BCUT2D eigenvalue weighted by Crippen LogP contribution is -2.12. The molecule has 3 heterocycles. The van der Waals surface area contributed by atoms with Crippen molar-refractivity contribution < 1.29 is 0 Å². The lowest BCUT2D eigenvalue weighted by Gasteiger charge is -2.29. The molecule has 0 amide bonds. The van der Waals surface area contributed by atoms with Crippen LogP contribution in [0.15, 0.2) is 224 Å². The van der Waals surface area contributed by atoms with Gasteiger partial charge in [-0.25, -0.2) is 4.98 Å². The smallest absolute Gasteiger partial charge is 0.124 e. The number of benzene rings is 11. The first-order valence-corrected chi connectivity index (χ1v) is 24.9. The third-order valence-corrected chi connectivity index (χ3v) is 15.7. The molecule has 14 rings (SSSR count). The Balaban J connectivity index is 1.07. The van der Waals surface area contributed by atoms with Crippen LogP contribution < -0.4 is 9.80 Å². The van der Waals surface area contributed by atoms with Gasteiger partial charge in [0.05, 0.1) is 10.2 Å². The second kappa shape index (κ2) is 16.2. The van der Waals surface area contributed by atoms with Crippen LogP contribution in [0.5, 0.6) is 0 Å². The summed E-state index contributed by atoms with van der Waals surface area (Å²) in [6.45, 7) is 0. The van der Waals surface area contributed by atoms with Crippen LogP contribution in [-0.4, -0.2) is 4.98 Å². The van der Waals surface area contributed by atoms with E-state index in [1.807, 2.05) is 0 Å². The average molecular weight is 900 g/mol. The summed E-state index contributed by atoms with van der Waals surface area (Å²) < 4.78 is 1.20. The van der Waals surface area contributed by atoms with Crippen LogP contribution in [0.3, 0.4) is 0 Å². The van der Waals surface area contributed by atoms with Crippen molar-refractivity contribution in [2.45, 2.75) is 25.7 Å². The molecule has 11 aromatic carbocycles. The number of fused-ring (bicyclic) bond motifs is 8. The third-order valence-electron chi connectivity index (χ3n) is 14.6. The Bertz CT molecular complexity index is 3870. The van der Waals surface area contributed by atoms with Crippen molar-refractivity contribution in [3.63, 3.8) is 0 Å². The number of anilines is 6. The maximum absolute atomic E-state index is 5.06. The molecule has 326 valence electrons. The second-order valence-corrected chi connectivity index (χ2v) is 19.6. The van der Waals surface area contributed by atoms with Crippen LogP contribution in [-0.2, 0) is 25.7 Å². The maximum atomic E-state index is 5.06. The Morgan fingerprint density at radius 1 is 0.333 bits per heavy atom. The van der Waals surface area contributed by atoms with Gasteiger partial charge in [-0.15, -0.1) is 11.3 Å². The van der Waals surface area contributed by atoms with Crippen molar-refractivity contribution >= 4 is 88.0 Å². The molecule has 0 spiro atoms. The largest absolute Gasteiger partial charge is 0.310 e. The summed E-state index contributed by atoms with van der Waals surface area (Å²) in [6, 6.07) is 83.8. The Morgan fingerprint density at radius 3 is 1.30 bits per heavy atom. The molecule has 69 heavy (non-hydrogen) atoms. The van der Waals surface area contributed by atoms with Crippen LogP contribution in [0, 0.1) is 0 Å². The SMILES string of the molecule is c1ccc2c(c1)CCc1ccccc1N2c1ccc2c(-c3ccc4ccccc4c3)c3cc(N4c5ccccc5CCc5ccccc54)ccc3c(-c3ccc(-c4nc5ccccc5s4)cc3)c2c1. The summed E-state index contributed by atoms with van der Waals surface area (Å²) in [4.78, 5) is 10.1. The zero-order valence-electron chi connectivity index (χ0n) is 37.9. The first-order valence-electron chi connectivity index (χ1n) is 24.1. The molecule has 0 fully saturated rings. The molecular formula is C65H45N3S. The van der Waals surface area contributed by atoms with E-state index in [0.717, 1.165) is 53.1 Å². The van der Waals surface area contributed by atoms with Gasteiger partial charge >= 0.3 is 0 Å². The van der Waals surface area contributed by atoms with E-state index in [1.165, 1.54) is 104 Å². The number of thiazole rings is 1. The third kappa shape index (κ3) is 6.66. The standard InChI is InChI=1S/C65H45N3S/c1-2-18-49-39-50(34-25-42(49)13-1)64-54-38-36-51(67-58-20-8-3-14-43(58)26-27-44-15-4-9-21-59(44)67)40-55(54)63(47-30-32-48(33-31-47)65-66-57-19-7-12-24-62(57)69-65)53-37-35-52(41-56(53)64)68-60-22-10-5-16-45(60)28-29-46-17-6-11-23-61(46)68/h1-25,30-41H,26-29H2. The number of hydrogen-bond donors (Lipinski definition) is 0. The molecule has 2 aliphatic rings. The topological polar surface area (TPSA) is 19.4 Å². The number of rotatable bonds is 5. The van der Waals surface area contributed by atoms with Crippen LogP contribution in [0.25, 0.3) is 75.4 Å². The van der Waals surface area contributed by atoms with Crippen molar-refractivity contribution in [2.75, 3.05) is 9.80 Å². The second-order valence-electron chi connectivity index (χ2n) is 18.5. The number of hydrogen-bond acceptors (Lipinski definition) is 4. The molecule has 12 aromatic rings. The van der Waals surface area contributed by atoms with E-state index in [-0.39, 0.29) is 0 Å². The molecule has 2 aliphatic heterocycles. The zero-order chi connectivity index (χ0) is 45.4. The quantitative estimate of drug-likeness (QED) is 0.160. The fourth-order valence-electron chi connectivity index (χ4n) is 11.3. The van der Waals surface area contributed by atoms with Crippen molar-refractivity contribution in [3.05, 3.63) is 247 Å². The van der Waals surface area contributed by atoms with E-state index < -0.39 is 0 Å². The van der Waals surface area contributed by atoms with E-state index in [9.17, 15) is 0 Å². The van der Waals surface area contributed by atoms with Gasteiger partial charge in [0.25, 0.3) is 0 Å². The predicted molar refractivity (Wildman–Crippen MR) is 293 cm³/mol. The first kappa shape index (κ1) is 39.8. The molecule has 0 unspecified atom stereocenters. The van der Waals surface area contributed by atoms with Crippen molar-refractivity contribution in [1.29, 1.82) is 0 Å². The van der Waals surface area contributed by atoms with E-state index in [1.54, 1.807) is 11.3 Å². The van der Waals surface area contributed by atoms with Gasteiger partial charge in [0.1, 0.15) is 5.01 Å². The van der Waals surface area contributed by atoms with Crippen molar-refractivity contribution in [2.24, 2.45) is 0 Å². The average Bonchev–Trinajstić information content (AvgIpc) is 3.68. The monoisotopic (exact) mass is 899 g/mol. The summed E-state index contributed by atoms with van der Waals surface area (Å²) >= 11 is 1.75. The van der Waals surface area contributed by atoms with Gasteiger partial charge in [0, 0.05) is 39.7 Å². The lowest BCUT2D eigenvalue weighted by atomic mass is 9.84. The van der Waals surface area contributed by atoms with E-state index in [4.69, 9.17) is 4.98 Å². The minimum Gasteiger partial charge on any atom is -0.310 e. The summed E-state index contributed by atoms with van der Waals surface area (Å²) in [6.07, 6.45) is 3.98. The summed E-state index contributed by atoms with van der Waals surface area (Å²) in [5.74, 6) is 0. The molecule has 0 aliphatic carbocycles. The molecule has 0 N–H and O–H groups in total. The summed E-state index contributed by atoms with van der Waals surface area (Å²) in [5, 5.41) is 8.37. The Morgan fingerprint density at radius 2 is 0.768 bits per heavy atom. The van der Waals surface area contributed by atoms with Gasteiger partial charge in [0.15, 0.2) is 0 Å². The number of nitrogens with zero attached hydrogens (tertiary/aromatic N) is 3. The van der Waals surface area contributed by atoms with E-state index in [0.29, 0.717) is 0 Å². The van der Waals surface area contributed by atoms with Gasteiger partial charge in [0.2, 0.25) is 0 Å². The Labute approximate surface area is 405 Å². The molecule has 1 aromatic heterocycles. The molecule has 0 radical (unpaired) electrons. The molecule has 4 heteroatoms. The van der Waals surface area contributed by atoms with E-state index >= 15 is 0 Å². The molecule has 0 saturated heterocycles. The van der Waals surface area contributed by atoms with E-state index in [2.05, 4.69) is 234 Å². The fourth-order valence-corrected chi connectivity index (χ4v) is 12.3. The molecular weight excluding hydrogens is 855 g/mol. The van der Waals surface area contributed by atoms with Crippen molar-refractivity contribution in [1.82, 2.24) is 4.98 Å². The predicted octanol–water partition coefficient (Wildman–Crippen LogP) is 17.9. The van der Waals surface area contributed by atoms with Crippen LogP contribution in [0.1, 0.15) is 22.3 Å². The number of aryl methyl sites for hydroxylation is 4. The summed E-state index contributed by atoms with van der Waals surface area (Å²) in [5.41, 5.74) is 19.7. The Kier molecular flexibility index (Phi) is 9.34. The normalized spacial score (nSPS) is 13.2. The lowest BCUT2D eigenvalue weighted by molar-refractivity contribution is 0.977. The van der Waals surface area contributed by atoms with Crippen LogP contribution in [0.2, 0.25) is 0 Å². The highest BCUT2D eigenvalue weighted by atomic mass is 32.1. The van der Waals surface area contributed by atoms with Gasteiger partial charge in [-0.2, -0.15) is 0 Å². The van der Waals surface area contributed by atoms with Crippen LogP contribution >= 0.6 is 11.3 Å². The first-order chi connectivity index (χ1) is 34.2. The maximum Gasteiger partial charge on any atom is 0.124 e. The molecule has 0 bridgehead atoms. The molecule has 0 saturated carbocycles. The number of para-hydroxylation sites is 5. The minimum absolute atomic E-state index is 0.995. The van der Waals surface area contributed by atoms with Gasteiger partial charge in [-0.05, 0) is 169 Å². The van der Waals surface area contributed by atoms with Crippen molar-refractivity contribution in [3.8, 4) is 32.8 Å². The highest BCUT2D eigenvalue weighted by molar-refractivity contribution is 7.21. The van der Waals surface area contributed by atoms with Gasteiger partial charge in [-0.3, -0.25) is 0 Å². The fraction of sp³-hybridized carbons (Fsp3) is 0.0615. The molecule has 0 atom stereocenters. The van der Waals surface area contributed by atoms with Crippen LogP contribution in [0.4, 0.5) is 34.1 Å². The van der Waals surface area contributed by atoms with Gasteiger partial charge in [-0.1, -0.05) is 158 Å². The summed E-state index contributed by atoms with van der Waals surface area (Å²) in [7, 11) is 0. The highest BCUT2D eigenvalue weighted by Crippen LogP contribution is 2.51. The zero-order valence-corrected chi connectivity index (χ0v) is 38.8. The number of aromatic nitrogens is 1. The minimum atomic E-state index is 0.995. The highest BCUT2D eigenvalue weighted by Gasteiger charge is 2.27. The molecule has 3 nitrogen and oxygen atoms in total. The van der Waals surface area contributed by atoms with Gasteiger partial charge < -0.3 is 9.80 Å². The Hall–Kier alpha value is -8.31.